The Morgan fingerprint density at radius 2 is 1.82 bits per heavy atom. The topological polar surface area (TPSA) is 78.9 Å². The smallest absolute Gasteiger partial charge is 0.257 e. The number of nitrogens with zero attached hydrogens (tertiary/aromatic N) is 1. The summed E-state index contributed by atoms with van der Waals surface area (Å²) in [6.07, 6.45) is 2.92. The van der Waals surface area contributed by atoms with Gasteiger partial charge in [0, 0.05) is 11.4 Å². The molecule has 1 amide bonds. The number of benzene rings is 2. The van der Waals surface area contributed by atoms with Crippen LogP contribution in [-0.2, 0) is 5.41 Å². The summed E-state index contributed by atoms with van der Waals surface area (Å²) in [5, 5.41) is 12.2. The summed E-state index contributed by atoms with van der Waals surface area (Å²) in [5.74, 6) is -0.232. The number of amides is 1. The van der Waals surface area contributed by atoms with Gasteiger partial charge in [-0.3, -0.25) is 4.79 Å². The minimum atomic E-state index is -0.327. The van der Waals surface area contributed by atoms with Gasteiger partial charge < -0.3 is 11.1 Å². The standard InChI is InChI=1S/C18H17N3O/c19-12-18(10-3-11-18)13-6-8-14(9-7-13)21-17(22)15-4-1-2-5-16(15)20/h1-2,4-9H,3,10-11,20H2,(H,21,22). The number of nitriles is 1. The van der Waals surface area contributed by atoms with Crippen LogP contribution in [0.2, 0.25) is 0 Å². The zero-order chi connectivity index (χ0) is 15.6. The first-order valence-corrected chi connectivity index (χ1v) is 7.32. The summed E-state index contributed by atoms with van der Waals surface area (Å²) in [5.41, 5.74) is 8.11. The summed E-state index contributed by atoms with van der Waals surface area (Å²) >= 11 is 0. The van der Waals surface area contributed by atoms with Crippen LogP contribution in [-0.4, -0.2) is 5.91 Å². The molecule has 22 heavy (non-hydrogen) atoms. The molecule has 3 rings (SSSR count). The molecule has 1 aliphatic rings. The van der Waals surface area contributed by atoms with Gasteiger partial charge in [0.1, 0.15) is 0 Å². The summed E-state index contributed by atoms with van der Waals surface area (Å²) in [6.45, 7) is 0. The first kappa shape index (κ1) is 14.2. The molecule has 0 saturated heterocycles. The van der Waals surface area contributed by atoms with Crippen LogP contribution in [0.5, 0.6) is 0 Å². The number of para-hydroxylation sites is 1. The largest absolute Gasteiger partial charge is 0.398 e. The molecular weight excluding hydrogens is 274 g/mol. The lowest BCUT2D eigenvalue weighted by Crippen LogP contribution is -2.32. The highest BCUT2D eigenvalue weighted by molar-refractivity contribution is 6.07. The summed E-state index contributed by atoms with van der Waals surface area (Å²) in [7, 11) is 0. The van der Waals surface area contributed by atoms with Gasteiger partial charge in [-0.15, -0.1) is 0 Å². The molecule has 1 saturated carbocycles. The molecule has 110 valence electrons. The first-order chi connectivity index (χ1) is 10.6. The maximum Gasteiger partial charge on any atom is 0.257 e. The lowest BCUT2D eigenvalue weighted by Gasteiger charge is -2.35. The van der Waals surface area contributed by atoms with Crippen molar-refractivity contribution in [1.82, 2.24) is 0 Å². The third-order valence-electron chi connectivity index (χ3n) is 4.32. The van der Waals surface area contributed by atoms with Gasteiger partial charge in [0.05, 0.1) is 17.0 Å². The quantitative estimate of drug-likeness (QED) is 0.850. The van der Waals surface area contributed by atoms with Crippen LogP contribution in [0, 0.1) is 11.3 Å². The summed E-state index contributed by atoms with van der Waals surface area (Å²) in [4.78, 5) is 12.2. The molecule has 0 aliphatic heterocycles. The molecule has 0 radical (unpaired) electrons. The number of carbonyl (C=O) groups is 1. The van der Waals surface area contributed by atoms with Crippen LogP contribution in [0.3, 0.4) is 0 Å². The van der Waals surface area contributed by atoms with E-state index >= 15 is 0 Å². The molecule has 3 N–H and O–H groups in total. The number of nitrogens with two attached hydrogens (primary N) is 1. The lowest BCUT2D eigenvalue weighted by atomic mass is 9.65. The summed E-state index contributed by atoms with van der Waals surface area (Å²) < 4.78 is 0. The number of nitrogens with one attached hydrogen (secondary N) is 1. The van der Waals surface area contributed by atoms with Crippen molar-refractivity contribution in [1.29, 1.82) is 5.26 Å². The highest BCUT2D eigenvalue weighted by Gasteiger charge is 2.38. The number of nitrogen functional groups attached to an aromatic ring is 1. The number of anilines is 2. The molecule has 0 atom stereocenters. The molecule has 0 unspecified atom stereocenters. The van der Waals surface area contributed by atoms with Crippen LogP contribution < -0.4 is 11.1 Å². The molecular formula is C18H17N3O. The van der Waals surface area contributed by atoms with E-state index in [4.69, 9.17) is 5.73 Å². The fraction of sp³-hybridized carbons (Fsp3) is 0.222. The maximum atomic E-state index is 12.2. The molecule has 0 heterocycles. The molecule has 2 aromatic rings. The monoisotopic (exact) mass is 291 g/mol. The van der Waals surface area contributed by atoms with Crippen LogP contribution in [0.15, 0.2) is 48.5 Å². The second-order valence-electron chi connectivity index (χ2n) is 5.67. The maximum absolute atomic E-state index is 12.2. The Labute approximate surface area is 129 Å². The minimum absolute atomic E-state index is 0.232. The van der Waals surface area contributed by atoms with E-state index < -0.39 is 0 Å². The van der Waals surface area contributed by atoms with E-state index in [1.165, 1.54) is 0 Å². The van der Waals surface area contributed by atoms with Crippen molar-refractivity contribution in [3.8, 4) is 6.07 Å². The Balaban J connectivity index is 1.76. The number of carbonyl (C=O) groups excluding carboxylic acids is 1. The van der Waals surface area contributed by atoms with Crippen LogP contribution in [0.4, 0.5) is 11.4 Å². The second kappa shape index (κ2) is 5.53. The second-order valence-corrected chi connectivity index (χ2v) is 5.67. The van der Waals surface area contributed by atoms with Crippen molar-refractivity contribution >= 4 is 17.3 Å². The first-order valence-electron chi connectivity index (χ1n) is 7.32. The van der Waals surface area contributed by atoms with Gasteiger partial charge in [-0.25, -0.2) is 0 Å². The third-order valence-corrected chi connectivity index (χ3v) is 4.32. The number of hydrogen-bond donors (Lipinski definition) is 2. The van der Waals surface area contributed by atoms with E-state index in [1.54, 1.807) is 24.3 Å². The predicted molar refractivity (Wildman–Crippen MR) is 86.4 cm³/mol. The highest BCUT2D eigenvalue weighted by Crippen LogP contribution is 2.43. The van der Waals surface area contributed by atoms with E-state index in [0.717, 1.165) is 24.8 Å². The fourth-order valence-corrected chi connectivity index (χ4v) is 2.77. The third kappa shape index (κ3) is 2.42. The van der Waals surface area contributed by atoms with Gasteiger partial charge in [0.2, 0.25) is 0 Å². The molecule has 0 aromatic heterocycles. The molecule has 2 aromatic carbocycles. The predicted octanol–water partition coefficient (Wildman–Crippen LogP) is 3.47. The van der Waals surface area contributed by atoms with E-state index in [9.17, 15) is 10.1 Å². The van der Waals surface area contributed by atoms with E-state index in [0.29, 0.717) is 16.9 Å². The van der Waals surface area contributed by atoms with Gasteiger partial charge in [-0.1, -0.05) is 24.3 Å². The highest BCUT2D eigenvalue weighted by atomic mass is 16.1. The van der Waals surface area contributed by atoms with Gasteiger partial charge in [-0.2, -0.15) is 5.26 Å². The molecule has 4 heteroatoms. The Kier molecular flexibility index (Phi) is 3.56. The lowest BCUT2D eigenvalue weighted by molar-refractivity contribution is 0.102. The van der Waals surface area contributed by atoms with Crippen molar-refractivity contribution in [3.63, 3.8) is 0 Å². The average molecular weight is 291 g/mol. The van der Waals surface area contributed by atoms with Crippen LogP contribution >= 0.6 is 0 Å². The van der Waals surface area contributed by atoms with Gasteiger partial charge >= 0.3 is 0 Å². The normalized spacial score (nSPS) is 15.4. The van der Waals surface area contributed by atoms with Gasteiger partial charge in [0.25, 0.3) is 5.91 Å². The van der Waals surface area contributed by atoms with E-state index in [2.05, 4.69) is 11.4 Å². The van der Waals surface area contributed by atoms with Crippen molar-refractivity contribution < 1.29 is 4.79 Å². The molecule has 0 bridgehead atoms. The average Bonchev–Trinajstić information content (AvgIpc) is 2.49. The fourth-order valence-electron chi connectivity index (χ4n) is 2.77. The minimum Gasteiger partial charge on any atom is -0.398 e. The Bertz CT molecular complexity index is 740. The van der Waals surface area contributed by atoms with Gasteiger partial charge in [-0.05, 0) is 49.1 Å². The summed E-state index contributed by atoms with van der Waals surface area (Å²) in [6, 6.07) is 16.9. The van der Waals surface area contributed by atoms with Gasteiger partial charge in [0.15, 0.2) is 0 Å². The Hall–Kier alpha value is -2.80. The number of hydrogen-bond acceptors (Lipinski definition) is 3. The molecule has 4 nitrogen and oxygen atoms in total. The Morgan fingerprint density at radius 1 is 1.14 bits per heavy atom. The van der Waals surface area contributed by atoms with Crippen molar-refractivity contribution in [2.45, 2.75) is 24.7 Å². The molecule has 0 spiro atoms. The zero-order valence-corrected chi connectivity index (χ0v) is 12.2. The van der Waals surface area contributed by atoms with E-state index in [-0.39, 0.29) is 11.3 Å². The van der Waals surface area contributed by atoms with Crippen molar-refractivity contribution in [2.75, 3.05) is 11.1 Å². The van der Waals surface area contributed by atoms with E-state index in [1.807, 2.05) is 24.3 Å². The number of rotatable bonds is 3. The Morgan fingerprint density at radius 3 is 2.36 bits per heavy atom. The zero-order valence-electron chi connectivity index (χ0n) is 12.2. The SMILES string of the molecule is N#CC1(c2ccc(NC(=O)c3ccccc3N)cc2)CCC1. The van der Waals surface area contributed by atoms with Crippen molar-refractivity contribution in [3.05, 3.63) is 59.7 Å². The molecule has 1 aliphatic carbocycles. The van der Waals surface area contributed by atoms with Crippen molar-refractivity contribution in [2.24, 2.45) is 0 Å². The van der Waals surface area contributed by atoms with Crippen LogP contribution in [0.1, 0.15) is 35.2 Å². The molecule has 1 fully saturated rings. The van der Waals surface area contributed by atoms with Crippen LogP contribution in [0.25, 0.3) is 0 Å².